The first kappa shape index (κ1) is 16.9. The molecule has 1 rings (SSSR count). The smallest absolute Gasteiger partial charge is 0.330 e. The molecule has 1 aromatic rings. The Morgan fingerprint density at radius 3 is 2.48 bits per heavy atom. The van der Waals surface area contributed by atoms with Crippen molar-refractivity contribution in [3.05, 3.63) is 30.4 Å². The van der Waals surface area contributed by atoms with Crippen LogP contribution in [0.5, 0.6) is 11.5 Å². The van der Waals surface area contributed by atoms with Crippen molar-refractivity contribution in [1.82, 2.24) is 0 Å². The van der Waals surface area contributed by atoms with Gasteiger partial charge in [0.05, 0.1) is 19.8 Å². The van der Waals surface area contributed by atoms with Gasteiger partial charge in [-0.15, -0.1) is 0 Å². The van der Waals surface area contributed by atoms with Crippen molar-refractivity contribution in [1.29, 1.82) is 0 Å². The average molecular weight is 293 g/mol. The molecule has 0 amide bonds. The highest BCUT2D eigenvalue weighted by Gasteiger charge is 2.05. The van der Waals surface area contributed by atoms with Gasteiger partial charge >= 0.3 is 5.97 Å². The summed E-state index contributed by atoms with van der Waals surface area (Å²) in [5.74, 6) is 1.10. The van der Waals surface area contributed by atoms with Gasteiger partial charge in [0, 0.05) is 24.4 Å². The van der Waals surface area contributed by atoms with Gasteiger partial charge in [-0.25, -0.2) is 4.79 Å². The van der Waals surface area contributed by atoms with Crippen molar-refractivity contribution in [3.63, 3.8) is 0 Å². The third-order valence-electron chi connectivity index (χ3n) is 2.51. The monoisotopic (exact) mass is 293 g/mol. The van der Waals surface area contributed by atoms with Crippen LogP contribution < -0.4 is 14.8 Å². The van der Waals surface area contributed by atoms with E-state index in [-0.39, 0.29) is 5.97 Å². The number of rotatable bonds is 9. The van der Waals surface area contributed by atoms with Gasteiger partial charge in [-0.2, -0.15) is 0 Å². The summed E-state index contributed by atoms with van der Waals surface area (Å²) in [7, 11) is 0. The van der Waals surface area contributed by atoms with Crippen LogP contribution in [0.25, 0.3) is 0 Å². The van der Waals surface area contributed by atoms with E-state index in [9.17, 15) is 4.79 Å². The zero-order valence-electron chi connectivity index (χ0n) is 12.8. The Morgan fingerprint density at radius 2 is 1.81 bits per heavy atom. The molecule has 21 heavy (non-hydrogen) atoms. The fourth-order valence-corrected chi connectivity index (χ4v) is 1.68. The molecule has 0 aliphatic rings. The van der Waals surface area contributed by atoms with Crippen molar-refractivity contribution < 1.29 is 19.0 Å². The second-order valence-electron chi connectivity index (χ2n) is 4.06. The Bertz CT molecular complexity index is 471. The third kappa shape index (κ3) is 6.21. The van der Waals surface area contributed by atoms with Crippen LogP contribution in [0.3, 0.4) is 0 Å². The van der Waals surface area contributed by atoms with E-state index < -0.39 is 0 Å². The highest BCUT2D eigenvalue weighted by Crippen LogP contribution is 2.30. The topological polar surface area (TPSA) is 56.8 Å². The van der Waals surface area contributed by atoms with Crippen molar-refractivity contribution in [3.8, 4) is 11.5 Å². The second kappa shape index (κ2) is 9.69. The fraction of sp³-hybridized carbons (Fsp3) is 0.438. The van der Waals surface area contributed by atoms with Gasteiger partial charge in [0.15, 0.2) is 11.5 Å². The molecule has 5 heteroatoms. The predicted molar refractivity (Wildman–Crippen MR) is 83.0 cm³/mol. The Hall–Kier alpha value is -2.17. The molecule has 116 valence electrons. The van der Waals surface area contributed by atoms with Crippen molar-refractivity contribution in [2.75, 3.05) is 31.7 Å². The van der Waals surface area contributed by atoms with Gasteiger partial charge in [-0.05, 0) is 32.9 Å². The summed E-state index contributed by atoms with van der Waals surface area (Å²) in [5.41, 5.74) is 0.899. The number of esters is 1. The van der Waals surface area contributed by atoms with Gasteiger partial charge in [-0.1, -0.05) is 6.08 Å². The first-order valence-corrected chi connectivity index (χ1v) is 7.18. The molecule has 0 aliphatic heterocycles. The summed E-state index contributed by atoms with van der Waals surface area (Å²) in [4.78, 5) is 11.1. The van der Waals surface area contributed by atoms with Crippen molar-refractivity contribution >= 4 is 11.7 Å². The first-order chi connectivity index (χ1) is 10.2. The quantitative estimate of drug-likeness (QED) is 0.560. The largest absolute Gasteiger partial charge is 0.490 e. The van der Waals surface area contributed by atoms with Crippen LogP contribution >= 0.6 is 0 Å². The summed E-state index contributed by atoms with van der Waals surface area (Å²) in [6.45, 7) is 7.71. The summed E-state index contributed by atoms with van der Waals surface area (Å²) < 4.78 is 15.8. The molecule has 0 unspecified atom stereocenters. The van der Waals surface area contributed by atoms with Gasteiger partial charge in [0.2, 0.25) is 0 Å². The zero-order valence-corrected chi connectivity index (χ0v) is 12.8. The van der Waals surface area contributed by atoms with Gasteiger partial charge < -0.3 is 19.5 Å². The van der Waals surface area contributed by atoms with Crippen LogP contribution in [-0.2, 0) is 9.53 Å². The molecule has 0 fully saturated rings. The number of ether oxygens (including phenoxy) is 3. The molecule has 0 radical (unpaired) electrons. The van der Waals surface area contributed by atoms with Crippen LogP contribution in [0.1, 0.15) is 20.8 Å². The highest BCUT2D eigenvalue weighted by atomic mass is 16.5. The minimum Gasteiger partial charge on any atom is -0.490 e. The van der Waals surface area contributed by atoms with Gasteiger partial charge in [0.1, 0.15) is 0 Å². The Morgan fingerprint density at radius 1 is 1.10 bits per heavy atom. The SMILES string of the molecule is CCOC(=O)/C=C/CNc1ccc(OCC)c(OCC)c1. The summed E-state index contributed by atoms with van der Waals surface area (Å²) in [5, 5.41) is 3.18. The van der Waals surface area contributed by atoms with E-state index in [1.54, 1.807) is 13.0 Å². The molecule has 1 aromatic carbocycles. The van der Waals surface area contributed by atoms with E-state index in [1.165, 1.54) is 6.08 Å². The lowest BCUT2D eigenvalue weighted by molar-refractivity contribution is -0.137. The predicted octanol–water partition coefficient (Wildman–Crippen LogP) is 3.02. The number of carbonyl (C=O) groups excluding carboxylic acids is 1. The molecular formula is C16H23NO4. The zero-order chi connectivity index (χ0) is 15.5. The fourth-order valence-electron chi connectivity index (χ4n) is 1.68. The normalized spacial score (nSPS) is 10.4. The molecular weight excluding hydrogens is 270 g/mol. The molecule has 0 heterocycles. The summed E-state index contributed by atoms with van der Waals surface area (Å²) in [6.07, 6.45) is 3.13. The molecule has 0 spiro atoms. The minimum atomic E-state index is -0.332. The molecule has 0 bridgehead atoms. The average Bonchev–Trinajstić information content (AvgIpc) is 2.47. The number of hydrogen-bond donors (Lipinski definition) is 1. The van der Waals surface area contributed by atoms with E-state index in [0.29, 0.717) is 32.1 Å². The maximum atomic E-state index is 11.1. The maximum Gasteiger partial charge on any atom is 0.330 e. The van der Waals surface area contributed by atoms with Gasteiger partial charge in [-0.3, -0.25) is 0 Å². The summed E-state index contributed by atoms with van der Waals surface area (Å²) >= 11 is 0. The van der Waals surface area contributed by atoms with Gasteiger partial charge in [0.25, 0.3) is 0 Å². The van der Waals surface area contributed by atoms with Crippen LogP contribution in [0.2, 0.25) is 0 Å². The minimum absolute atomic E-state index is 0.332. The molecule has 1 N–H and O–H groups in total. The van der Waals surface area contributed by atoms with Crippen molar-refractivity contribution in [2.45, 2.75) is 20.8 Å². The van der Waals surface area contributed by atoms with Crippen molar-refractivity contribution in [2.24, 2.45) is 0 Å². The van der Waals surface area contributed by atoms with E-state index in [4.69, 9.17) is 14.2 Å². The molecule has 0 saturated heterocycles. The third-order valence-corrected chi connectivity index (χ3v) is 2.51. The molecule has 0 aliphatic carbocycles. The Balaban J connectivity index is 2.59. The lowest BCUT2D eigenvalue weighted by Gasteiger charge is -2.12. The van der Waals surface area contributed by atoms with Crippen LogP contribution in [0.4, 0.5) is 5.69 Å². The van der Waals surface area contributed by atoms with E-state index in [0.717, 1.165) is 11.4 Å². The number of benzene rings is 1. The Labute approximate surface area is 125 Å². The highest BCUT2D eigenvalue weighted by molar-refractivity contribution is 5.81. The van der Waals surface area contributed by atoms with Crippen LogP contribution in [-0.4, -0.2) is 32.3 Å². The van der Waals surface area contributed by atoms with Crippen LogP contribution in [0, 0.1) is 0 Å². The standard InChI is InChI=1S/C16H23NO4/c1-4-19-14-10-9-13(12-15(14)20-5-2)17-11-7-8-16(18)21-6-3/h7-10,12,17H,4-6,11H2,1-3H3/b8-7+. The van der Waals surface area contributed by atoms with E-state index in [1.807, 2.05) is 32.0 Å². The van der Waals surface area contributed by atoms with E-state index in [2.05, 4.69) is 5.32 Å². The lowest BCUT2D eigenvalue weighted by Crippen LogP contribution is -2.03. The molecule has 5 nitrogen and oxygen atoms in total. The second-order valence-corrected chi connectivity index (χ2v) is 4.06. The van der Waals surface area contributed by atoms with Crippen LogP contribution in [0.15, 0.2) is 30.4 Å². The number of hydrogen-bond acceptors (Lipinski definition) is 5. The Kier molecular flexibility index (Phi) is 7.79. The molecule has 0 atom stereocenters. The molecule has 0 saturated carbocycles. The number of anilines is 1. The van der Waals surface area contributed by atoms with E-state index >= 15 is 0 Å². The summed E-state index contributed by atoms with van der Waals surface area (Å²) in [6, 6.07) is 5.66. The number of carbonyl (C=O) groups is 1. The maximum absolute atomic E-state index is 11.1. The first-order valence-electron chi connectivity index (χ1n) is 7.18. The lowest BCUT2D eigenvalue weighted by atomic mass is 10.2. The number of nitrogens with one attached hydrogen (secondary N) is 1. The molecule has 0 aromatic heterocycles.